The molecule has 1 aliphatic rings. The molecular weight excluding hydrogens is 374 g/mol. The highest BCUT2D eigenvalue weighted by Gasteiger charge is 2.39. The number of hydrogen-bond acceptors (Lipinski definition) is 1. The van der Waals surface area contributed by atoms with Gasteiger partial charge in [0.1, 0.15) is 0 Å². The molecule has 3 atom stereocenters. The van der Waals surface area contributed by atoms with Gasteiger partial charge in [-0.3, -0.25) is 4.98 Å². The number of benzene rings is 1. The fourth-order valence-corrected chi connectivity index (χ4v) is 4.87. The van der Waals surface area contributed by atoms with E-state index in [-0.39, 0.29) is 5.41 Å². The van der Waals surface area contributed by atoms with Gasteiger partial charge in [-0.1, -0.05) is 98.7 Å². The highest BCUT2D eigenvalue weighted by atomic mass is 14.7. The van der Waals surface area contributed by atoms with E-state index in [4.69, 9.17) is 4.98 Å². The molecule has 3 rings (SSSR count). The number of aromatic nitrogens is 1. The Balaban J connectivity index is 2.08. The molecule has 162 valence electrons. The second-order valence-corrected chi connectivity index (χ2v) is 9.13. The van der Waals surface area contributed by atoms with E-state index < -0.39 is 0 Å². The standard InChI is InChI=1S/C30H37N/c1-7-18-30(6,24(5)21-23(4)20-22(3)8-2)28-16-12-11-15-27(28)29-26-14-10-9-13-25(26)17-19-31-29/h7,9-15,17-21,24,28H,8,16H2,1-6H3/b18-7?,22-20-,23-21-. The van der Waals surface area contributed by atoms with Crippen molar-refractivity contribution in [1.29, 1.82) is 0 Å². The minimum absolute atomic E-state index is 0.0147. The molecule has 1 nitrogen and oxygen atoms in total. The van der Waals surface area contributed by atoms with Crippen LogP contribution in [0.15, 0.2) is 90.2 Å². The normalized spacial score (nSPS) is 20.7. The summed E-state index contributed by atoms with van der Waals surface area (Å²) < 4.78 is 0. The number of pyridine rings is 1. The maximum atomic E-state index is 4.87. The molecule has 0 saturated heterocycles. The van der Waals surface area contributed by atoms with Crippen molar-refractivity contribution in [3.05, 3.63) is 95.9 Å². The zero-order valence-electron chi connectivity index (χ0n) is 20.0. The lowest BCUT2D eigenvalue weighted by atomic mass is 9.62. The van der Waals surface area contributed by atoms with Crippen LogP contribution < -0.4 is 0 Å². The molecular formula is C30H37N. The van der Waals surface area contributed by atoms with Gasteiger partial charge in [0.15, 0.2) is 0 Å². The Morgan fingerprint density at radius 2 is 2.00 bits per heavy atom. The van der Waals surface area contributed by atoms with Crippen molar-refractivity contribution < 1.29 is 0 Å². The molecule has 0 bridgehead atoms. The summed E-state index contributed by atoms with van der Waals surface area (Å²) in [5.74, 6) is 0.752. The molecule has 1 heteroatoms. The van der Waals surface area contributed by atoms with Crippen LogP contribution >= 0.6 is 0 Å². The maximum Gasteiger partial charge on any atom is 0.0743 e. The molecule has 3 unspecified atom stereocenters. The molecule has 0 aliphatic heterocycles. The third kappa shape index (κ3) is 4.98. The van der Waals surface area contributed by atoms with E-state index in [0.29, 0.717) is 11.8 Å². The fraction of sp³-hybridized carbons (Fsp3) is 0.367. The van der Waals surface area contributed by atoms with Crippen molar-refractivity contribution in [1.82, 2.24) is 4.98 Å². The van der Waals surface area contributed by atoms with E-state index in [1.54, 1.807) is 0 Å². The number of allylic oxidation sites excluding steroid dienone is 10. The quantitative estimate of drug-likeness (QED) is 0.328. The predicted octanol–water partition coefficient (Wildman–Crippen LogP) is 8.72. The van der Waals surface area contributed by atoms with E-state index in [9.17, 15) is 0 Å². The first-order valence-electron chi connectivity index (χ1n) is 11.6. The van der Waals surface area contributed by atoms with Gasteiger partial charge in [-0.15, -0.1) is 0 Å². The largest absolute Gasteiger partial charge is 0.256 e. The minimum Gasteiger partial charge on any atom is -0.256 e. The average Bonchev–Trinajstić information content (AvgIpc) is 2.78. The topological polar surface area (TPSA) is 12.9 Å². The molecule has 1 aromatic carbocycles. The van der Waals surface area contributed by atoms with Crippen LogP contribution in [-0.4, -0.2) is 4.98 Å². The number of hydrogen-bond donors (Lipinski definition) is 0. The van der Waals surface area contributed by atoms with Gasteiger partial charge in [0.2, 0.25) is 0 Å². The monoisotopic (exact) mass is 411 g/mol. The third-order valence-corrected chi connectivity index (χ3v) is 6.91. The van der Waals surface area contributed by atoms with Gasteiger partial charge in [-0.2, -0.15) is 0 Å². The Labute approximate surface area is 189 Å². The van der Waals surface area contributed by atoms with Gasteiger partial charge < -0.3 is 0 Å². The van der Waals surface area contributed by atoms with Crippen molar-refractivity contribution >= 4 is 16.3 Å². The average molecular weight is 412 g/mol. The Bertz CT molecular complexity index is 1060. The summed E-state index contributed by atoms with van der Waals surface area (Å²) in [6.45, 7) is 13.6. The minimum atomic E-state index is -0.0147. The van der Waals surface area contributed by atoms with Crippen LogP contribution in [0.4, 0.5) is 0 Å². The highest BCUT2D eigenvalue weighted by Crippen LogP contribution is 2.49. The van der Waals surface area contributed by atoms with Crippen molar-refractivity contribution in [3.63, 3.8) is 0 Å². The van der Waals surface area contributed by atoms with Crippen molar-refractivity contribution in [2.45, 2.75) is 54.4 Å². The van der Waals surface area contributed by atoms with E-state index in [2.05, 4.69) is 114 Å². The van der Waals surface area contributed by atoms with Crippen LogP contribution in [0.1, 0.15) is 60.1 Å². The van der Waals surface area contributed by atoms with Crippen LogP contribution in [0.2, 0.25) is 0 Å². The first-order chi connectivity index (χ1) is 14.9. The lowest BCUT2D eigenvalue weighted by Gasteiger charge is -2.41. The van der Waals surface area contributed by atoms with Crippen LogP contribution in [0, 0.1) is 17.3 Å². The second kappa shape index (κ2) is 10.1. The summed E-state index contributed by atoms with van der Waals surface area (Å²) in [6, 6.07) is 10.7. The maximum absolute atomic E-state index is 4.87. The number of fused-ring (bicyclic) bond motifs is 1. The molecule has 1 aliphatic carbocycles. The summed E-state index contributed by atoms with van der Waals surface area (Å²) in [5, 5.41) is 2.48. The van der Waals surface area contributed by atoms with Gasteiger partial charge in [0.05, 0.1) is 5.69 Å². The molecule has 31 heavy (non-hydrogen) atoms. The van der Waals surface area contributed by atoms with Gasteiger partial charge in [0, 0.05) is 11.6 Å². The van der Waals surface area contributed by atoms with Crippen LogP contribution in [0.25, 0.3) is 16.3 Å². The van der Waals surface area contributed by atoms with E-state index in [1.165, 1.54) is 27.5 Å². The molecule has 2 aromatic rings. The predicted molar refractivity (Wildman–Crippen MR) is 137 cm³/mol. The van der Waals surface area contributed by atoms with Crippen molar-refractivity contribution in [2.24, 2.45) is 17.3 Å². The molecule has 1 aromatic heterocycles. The van der Waals surface area contributed by atoms with Crippen molar-refractivity contribution in [2.75, 3.05) is 0 Å². The van der Waals surface area contributed by atoms with Gasteiger partial charge >= 0.3 is 0 Å². The first-order valence-corrected chi connectivity index (χ1v) is 11.6. The zero-order chi connectivity index (χ0) is 22.4. The van der Waals surface area contributed by atoms with E-state index >= 15 is 0 Å². The van der Waals surface area contributed by atoms with Crippen molar-refractivity contribution in [3.8, 4) is 0 Å². The Morgan fingerprint density at radius 1 is 1.23 bits per heavy atom. The highest BCUT2D eigenvalue weighted by molar-refractivity contribution is 5.93. The molecule has 0 fully saturated rings. The van der Waals surface area contributed by atoms with Crippen LogP contribution in [0.3, 0.4) is 0 Å². The summed E-state index contributed by atoms with van der Waals surface area (Å²) in [7, 11) is 0. The Hall–Kier alpha value is -2.67. The fourth-order valence-electron chi connectivity index (χ4n) is 4.87. The Kier molecular flexibility index (Phi) is 7.49. The lowest BCUT2D eigenvalue weighted by Crippen LogP contribution is -2.33. The molecule has 0 saturated carbocycles. The summed E-state index contributed by atoms with van der Waals surface area (Å²) in [5.41, 5.74) is 5.23. The summed E-state index contributed by atoms with van der Waals surface area (Å²) >= 11 is 0. The summed E-state index contributed by atoms with van der Waals surface area (Å²) in [6.07, 6.45) is 20.3. The first kappa shape index (κ1) is 23.0. The molecule has 0 radical (unpaired) electrons. The second-order valence-electron chi connectivity index (χ2n) is 9.13. The summed E-state index contributed by atoms with van der Waals surface area (Å²) in [4.78, 5) is 4.87. The van der Waals surface area contributed by atoms with Crippen LogP contribution in [-0.2, 0) is 0 Å². The molecule has 0 N–H and O–H groups in total. The molecule has 0 spiro atoms. The molecule has 1 heterocycles. The third-order valence-electron chi connectivity index (χ3n) is 6.91. The van der Waals surface area contributed by atoms with Gasteiger partial charge in [-0.25, -0.2) is 0 Å². The van der Waals surface area contributed by atoms with E-state index in [1.807, 2.05) is 6.20 Å². The Morgan fingerprint density at radius 3 is 2.74 bits per heavy atom. The number of rotatable bonds is 7. The lowest BCUT2D eigenvalue weighted by molar-refractivity contribution is 0.244. The zero-order valence-corrected chi connectivity index (χ0v) is 20.0. The van der Waals surface area contributed by atoms with E-state index in [0.717, 1.165) is 18.5 Å². The SMILES string of the molecule is CC=CC(C)(C(C)/C=C(C)\C=C(\C)CC)C1CC=CC=C1c1nccc2ccccc12. The van der Waals surface area contributed by atoms with Gasteiger partial charge in [-0.05, 0) is 67.9 Å². The van der Waals surface area contributed by atoms with Gasteiger partial charge in [0.25, 0.3) is 0 Å². The number of nitrogens with zero attached hydrogens (tertiary/aromatic N) is 1. The molecule has 0 amide bonds. The smallest absolute Gasteiger partial charge is 0.0743 e. The van der Waals surface area contributed by atoms with Crippen LogP contribution in [0.5, 0.6) is 0 Å².